The highest BCUT2D eigenvalue weighted by molar-refractivity contribution is 7.91. The first-order valence-electron chi connectivity index (χ1n) is 7.74. The molecule has 0 aliphatic carbocycles. The van der Waals surface area contributed by atoms with Crippen LogP contribution in [0.25, 0.3) is 0 Å². The summed E-state index contributed by atoms with van der Waals surface area (Å²) in [7, 11) is -1.41. The van der Waals surface area contributed by atoms with Crippen molar-refractivity contribution < 1.29 is 17.9 Å². The fraction of sp³-hybridized carbons (Fsp3) is 0.562. The minimum Gasteiger partial charge on any atom is -0.399 e. The van der Waals surface area contributed by atoms with Crippen LogP contribution in [0.5, 0.6) is 0 Å². The number of nitrogens with zero attached hydrogens (tertiary/aromatic N) is 1. The van der Waals surface area contributed by atoms with Gasteiger partial charge in [0, 0.05) is 32.0 Å². The molecule has 0 bridgehead atoms. The smallest absolute Gasteiger partial charge is 0.227 e. The van der Waals surface area contributed by atoms with E-state index in [9.17, 15) is 13.2 Å². The zero-order chi connectivity index (χ0) is 16.9. The summed E-state index contributed by atoms with van der Waals surface area (Å²) in [5, 5.41) is 0. The van der Waals surface area contributed by atoms with Crippen LogP contribution in [0.3, 0.4) is 0 Å². The molecule has 2 N–H and O–H groups in total. The molecule has 0 saturated carbocycles. The molecule has 0 spiro atoms. The van der Waals surface area contributed by atoms with E-state index < -0.39 is 9.84 Å². The number of ether oxygens (including phenoxy) is 1. The van der Waals surface area contributed by atoms with Gasteiger partial charge in [-0.25, -0.2) is 8.42 Å². The van der Waals surface area contributed by atoms with Gasteiger partial charge in [0.2, 0.25) is 5.91 Å². The van der Waals surface area contributed by atoms with Crippen molar-refractivity contribution in [2.75, 3.05) is 37.5 Å². The van der Waals surface area contributed by atoms with Crippen molar-refractivity contribution >= 4 is 33.8 Å². The molecule has 0 aromatic heterocycles. The molecule has 1 aromatic rings. The maximum atomic E-state index is 12.6. The number of anilines is 1. The van der Waals surface area contributed by atoms with Gasteiger partial charge in [-0.2, -0.15) is 0 Å². The van der Waals surface area contributed by atoms with Gasteiger partial charge in [-0.15, -0.1) is 12.4 Å². The molecule has 1 unspecified atom stereocenters. The van der Waals surface area contributed by atoms with Gasteiger partial charge in [-0.3, -0.25) is 4.79 Å². The topological polar surface area (TPSA) is 89.7 Å². The van der Waals surface area contributed by atoms with E-state index in [1.54, 1.807) is 24.1 Å². The van der Waals surface area contributed by atoms with Crippen LogP contribution in [-0.2, 0) is 25.8 Å². The molecule has 2 rings (SSSR count). The maximum Gasteiger partial charge on any atom is 0.227 e. The molecule has 1 heterocycles. The second-order valence-electron chi connectivity index (χ2n) is 5.91. The average molecular weight is 377 g/mol. The fourth-order valence-electron chi connectivity index (χ4n) is 2.82. The lowest BCUT2D eigenvalue weighted by Crippen LogP contribution is -2.42. The Kier molecular flexibility index (Phi) is 7.99. The summed E-state index contributed by atoms with van der Waals surface area (Å²) in [5.41, 5.74) is 7.18. The highest BCUT2D eigenvalue weighted by Gasteiger charge is 2.34. The van der Waals surface area contributed by atoms with Crippen molar-refractivity contribution in [1.29, 1.82) is 0 Å². The number of methoxy groups -OCH3 is 1. The van der Waals surface area contributed by atoms with Gasteiger partial charge in [-0.1, -0.05) is 12.1 Å². The molecule has 1 amide bonds. The number of rotatable bonds is 7. The SMILES string of the molecule is COCCCN(C(=O)Cc1ccc(N)cc1)C1CCS(=O)(=O)C1.Cl. The van der Waals surface area contributed by atoms with Gasteiger partial charge in [0.05, 0.1) is 17.9 Å². The number of carbonyl (C=O) groups excluding carboxylic acids is 1. The molecule has 136 valence electrons. The summed E-state index contributed by atoms with van der Waals surface area (Å²) in [6.07, 6.45) is 1.47. The Labute approximate surface area is 149 Å². The third-order valence-electron chi connectivity index (χ3n) is 4.05. The van der Waals surface area contributed by atoms with Crippen molar-refractivity contribution in [2.45, 2.75) is 25.3 Å². The molecule has 1 fully saturated rings. The van der Waals surface area contributed by atoms with Crippen LogP contribution >= 0.6 is 12.4 Å². The van der Waals surface area contributed by atoms with Crippen molar-refractivity contribution in [1.82, 2.24) is 4.90 Å². The summed E-state index contributed by atoms with van der Waals surface area (Å²) >= 11 is 0. The van der Waals surface area contributed by atoms with E-state index in [2.05, 4.69) is 0 Å². The molecule has 1 saturated heterocycles. The first kappa shape index (κ1) is 20.7. The van der Waals surface area contributed by atoms with Gasteiger partial charge in [0.15, 0.2) is 9.84 Å². The van der Waals surface area contributed by atoms with Crippen molar-refractivity contribution in [2.24, 2.45) is 0 Å². The largest absolute Gasteiger partial charge is 0.399 e. The first-order chi connectivity index (χ1) is 10.9. The predicted octanol–water partition coefficient (Wildman–Crippen LogP) is 1.29. The lowest BCUT2D eigenvalue weighted by Gasteiger charge is -2.28. The number of hydrogen-bond acceptors (Lipinski definition) is 5. The summed E-state index contributed by atoms with van der Waals surface area (Å²) in [6.45, 7) is 1.06. The number of nitrogen functional groups attached to an aromatic ring is 1. The number of hydrogen-bond donors (Lipinski definition) is 1. The molecule has 1 aromatic carbocycles. The first-order valence-corrected chi connectivity index (χ1v) is 9.56. The Morgan fingerprint density at radius 3 is 2.54 bits per heavy atom. The number of carbonyl (C=O) groups is 1. The maximum absolute atomic E-state index is 12.6. The molecule has 1 aliphatic rings. The van der Waals surface area contributed by atoms with Crippen LogP contribution in [0.4, 0.5) is 5.69 Å². The van der Waals surface area contributed by atoms with Crippen LogP contribution in [0, 0.1) is 0 Å². The number of nitrogens with two attached hydrogens (primary N) is 1. The third-order valence-corrected chi connectivity index (χ3v) is 5.80. The zero-order valence-electron chi connectivity index (χ0n) is 13.8. The number of amides is 1. The van der Waals surface area contributed by atoms with Gasteiger partial charge in [0.1, 0.15) is 0 Å². The van der Waals surface area contributed by atoms with Crippen LogP contribution in [0.15, 0.2) is 24.3 Å². The number of sulfone groups is 1. The Hall–Kier alpha value is -1.31. The number of halogens is 1. The van der Waals surface area contributed by atoms with Gasteiger partial charge in [-0.05, 0) is 30.5 Å². The normalized spacial score (nSPS) is 18.8. The summed E-state index contributed by atoms with van der Waals surface area (Å²) in [5.74, 6) is 0.175. The van der Waals surface area contributed by atoms with Crippen molar-refractivity contribution in [3.8, 4) is 0 Å². The summed E-state index contributed by atoms with van der Waals surface area (Å²) < 4.78 is 28.5. The Balaban J connectivity index is 0.00000288. The Bertz CT molecular complexity index is 634. The standard InChI is InChI=1S/C16H24N2O4S.ClH/c1-22-9-2-8-18(15-7-10-23(20,21)12-15)16(19)11-13-3-5-14(17)6-4-13;/h3-6,15H,2,7-12,17H2,1H3;1H. The van der Waals surface area contributed by atoms with E-state index in [0.29, 0.717) is 31.7 Å². The second kappa shape index (κ2) is 9.25. The van der Waals surface area contributed by atoms with Crippen molar-refractivity contribution in [3.05, 3.63) is 29.8 Å². The molecule has 8 heteroatoms. The highest BCUT2D eigenvalue weighted by Crippen LogP contribution is 2.19. The van der Waals surface area contributed by atoms with E-state index in [4.69, 9.17) is 10.5 Å². The lowest BCUT2D eigenvalue weighted by molar-refractivity contribution is -0.132. The molecule has 1 aliphatic heterocycles. The van der Waals surface area contributed by atoms with Gasteiger partial charge < -0.3 is 15.4 Å². The van der Waals surface area contributed by atoms with Gasteiger partial charge in [0.25, 0.3) is 0 Å². The molecular formula is C16H25ClN2O4S. The predicted molar refractivity (Wildman–Crippen MR) is 97.1 cm³/mol. The van der Waals surface area contributed by atoms with Gasteiger partial charge >= 0.3 is 0 Å². The van der Waals surface area contributed by atoms with Crippen LogP contribution in [0.1, 0.15) is 18.4 Å². The highest BCUT2D eigenvalue weighted by atomic mass is 35.5. The van der Waals surface area contributed by atoms with Crippen LogP contribution < -0.4 is 5.73 Å². The molecule has 0 radical (unpaired) electrons. The van der Waals surface area contributed by atoms with Crippen LogP contribution in [-0.4, -0.2) is 57.0 Å². The molecular weight excluding hydrogens is 352 g/mol. The summed E-state index contributed by atoms with van der Waals surface area (Å²) in [4.78, 5) is 14.4. The van der Waals surface area contributed by atoms with Crippen LogP contribution in [0.2, 0.25) is 0 Å². The quantitative estimate of drug-likeness (QED) is 0.572. The van der Waals surface area contributed by atoms with E-state index in [0.717, 1.165) is 5.56 Å². The Morgan fingerprint density at radius 2 is 2.00 bits per heavy atom. The third kappa shape index (κ3) is 5.96. The molecule has 1 atom stereocenters. The minimum atomic E-state index is -3.02. The van der Waals surface area contributed by atoms with E-state index in [-0.39, 0.29) is 42.3 Å². The van der Waals surface area contributed by atoms with E-state index >= 15 is 0 Å². The monoisotopic (exact) mass is 376 g/mol. The van der Waals surface area contributed by atoms with Crippen molar-refractivity contribution in [3.63, 3.8) is 0 Å². The average Bonchev–Trinajstić information content (AvgIpc) is 2.86. The van der Waals surface area contributed by atoms with E-state index in [1.165, 1.54) is 0 Å². The molecule has 6 nitrogen and oxygen atoms in total. The summed E-state index contributed by atoms with van der Waals surface area (Å²) in [6, 6.07) is 6.95. The lowest BCUT2D eigenvalue weighted by atomic mass is 10.1. The minimum absolute atomic E-state index is 0. The zero-order valence-corrected chi connectivity index (χ0v) is 15.4. The Morgan fingerprint density at radius 1 is 1.33 bits per heavy atom. The van der Waals surface area contributed by atoms with E-state index in [1.807, 2.05) is 12.1 Å². The number of benzene rings is 1. The fourth-order valence-corrected chi connectivity index (χ4v) is 4.55. The molecule has 24 heavy (non-hydrogen) atoms. The second-order valence-corrected chi connectivity index (χ2v) is 8.14.